The third-order valence-corrected chi connectivity index (χ3v) is 6.52. The molecule has 2 aromatic carbocycles. The minimum Gasteiger partial charge on any atom is -0.334 e. The van der Waals surface area contributed by atoms with Gasteiger partial charge in [0.2, 0.25) is 0 Å². The van der Waals surface area contributed by atoms with Crippen molar-refractivity contribution in [1.29, 1.82) is 0 Å². The zero-order valence-corrected chi connectivity index (χ0v) is 17.4. The molecule has 9 heteroatoms. The molecule has 0 saturated heterocycles. The fourth-order valence-corrected chi connectivity index (χ4v) is 4.98. The van der Waals surface area contributed by atoms with Gasteiger partial charge in [0.05, 0.1) is 5.57 Å². The van der Waals surface area contributed by atoms with Crippen molar-refractivity contribution in [2.45, 2.75) is 6.67 Å². The molecule has 0 saturated carbocycles. The van der Waals surface area contributed by atoms with Crippen LogP contribution >= 0.6 is 38.9 Å². The number of carbonyl (C=O) groups excluding carboxylic acids is 1. The number of fused-ring (bicyclic) bond motifs is 2. The fraction of sp³-hybridized carbons (Fsp3) is 0.105. The van der Waals surface area contributed by atoms with E-state index in [9.17, 15) is 9.59 Å². The van der Waals surface area contributed by atoms with Gasteiger partial charge in [0.25, 0.3) is 11.5 Å². The number of benzene rings is 2. The Morgan fingerprint density at radius 3 is 2.86 bits per heavy atom. The van der Waals surface area contributed by atoms with Gasteiger partial charge in [-0.1, -0.05) is 44.9 Å². The molecule has 1 aromatic heterocycles. The van der Waals surface area contributed by atoms with Gasteiger partial charge in [0, 0.05) is 26.4 Å². The Hall–Kier alpha value is -2.42. The average Bonchev–Trinajstić information content (AvgIpc) is 3.17. The van der Waals surface area contributed by atoms with E-state index in [-0.39, 0.29) is 11.5 Å². The minimum absolute atomic E-state index is 0.221. The second-order valence-corrected chi connectivity index (χ2v) is 8.76. The monoisotopic (exact) mass is 474 g/mol. The smallest absolute Gasteiger partial charge is 0.272 e. The molecule has 3 aromatic rings. The van der Waals surface area contributed by atoms with Crippen molar-refractivity contribution < 1.29 is 4.79 Å². The molecule has 1 N–H and O–H groups in total. The number of carbonyl (C=O) groups is 1. The Labute approximate surface area is 176 Å². The molecule has 2 aliphatic heterocycles. The van der Waals surface area contributed by atoms with Crippen LogP contribution in [0.15, 0.2) is 56.7 Å². The molecule has 140 valence electrons. The van der Waals surface area contributed by atoms with Gasteiger partial charge in [-0.2, -0.15) is 0 Å². The number of hydrogen-bond acceptors (Lipinski definition) is 5. The predicted molar refractivity (Wildman–Crippen MR) is 113 cm³/mol. The highest BCUT2D eigenvalue weighted by Crippen LogP contribution is 2.32. The van der Waals surface area contributed by atoms with Gasteiger partial charge in [0.15, 0.2) is 4.80 Å². The molecular weight excluding hydrogens is 464 g/mol. The van der Waals surface area contributed by atoms with Crippen LogP contribution in [0.5, 0.6) is 0 Å². The molecular formula is C19H12BrClN4O2S. The molecule has 5 rings (SSSR count). The van der Waals surface area contributed by atoms with Gasteiger partial charge >= 0.3 is 0 Å². The summed E-state index contributed by atoms with van der Waals surface area (Å²) >= 11 is 10.8. The molecule has 0 spiro atoms. The Morgan fingerprint density at radius 1 is 1.18 bits per heavy atom. The molecule has 6 nitrogen and oxygen atoms in total. The number of nitrogens with one attached hydrogen (secondary N) is 1. The van der Waals surface area contributed by atoms with Gasteiger partial charge in [0.1, 0.15) is 17.9 Å². The van der Waals surface area contributed by atoms with E-state index in [4.69, 9.17) is 11.6 Å². The van der Waals surface area contributed by atoms with Crippen LogP contribution in [-0.4, -0.2) is 17.1 Å². The first-order valence-corrected chi connectivity index (χ1v) is 10.4. The predicted octanol–water partition coefficient (Wildman–Crippen LogP) is 2.53. The first-order chi connectivity index (χ1) is 13.5. The average molecular weight is 476 g/mol. The molecule has 0 bridgehead atoms. The van der Waals surface area contributed by atoms with Crippen LogP contribution in [0, 0.1) is 0 Å². The summed E-state index contributed by atoms with van der Waals surface area (Å²) in [7, 11) is 0. The Balaban J connectivity index is 1.66. The number of amides is 1. The van der Waals surface area contributed by atoms with Gasteiger partial charge < -0.3 is 10.2 Å². The minimum atomic E-state index is -0.294. The molecule has 2 aliphatic rings. The summed E-state index contributed by atoms with van der Waals surface area (Å²) in [5, 5.41) is 3.31. The summed E-state index contributed by atoms with van der Waals surface area (Å²) in [4.78, 5) is 32.8. The lowest BCUT2D eigenvalue weighted by molar-refractivity contribution is -0.110. The lowest BCUT2D eigenvalue weighted by Gasteiger charge is -2.25. The summed E-state index contributed by atoms with van der Waals surface area (Å²) in [6.07, 6.45) is 0. The van der Waals surface area contributed by atoms with E-state index in [1.165, 1.54) is 11.3 Å². The van der Waals surface area contributed by atoms with Crippen LogP contribution < -0.4 is 25.1 Å². The molecule has 0 fully saturated rings. The zero-order chi connectivity index (χ0) is 19.4. The van der Waals surface area contributed by atoms with Crippen LogP contribution in [0.3, 0.4) is 0 Å². The third kappa shape index (κ3) is 2.80. The summed E-state index contributed by atoms with van der Waals surface area (Å²) < 4.78 is 2.95. The second kappa shape index (κ2) is 6.58. The number of hydrogen-bond donors (Lipinski definition) is 1. The molecule has 1 amide bonds. The van der Waals surface area contributed by atoms with E-state index in [0.717, 1.165) is 10.2 Å². The molecule has 28 heavy (non-hydrogen) atoms. The SMILES string of the molecule is O=C1Nc2ccc(Cl)cc2/C1=c1\sc2n(c1=O)CN(c1cccc(Br)c1)CN=2. The van der Waals surface area contributed by atoms with Crippen molar-refractivity contribution in [2.75, 3.05) is 16.9 Å². The fourth-order valence-electron chi connectivity index (χ4n) is 3.36. The Morgan fingerprint density at radius 2 is 2.04 bits per heavy atom. The first-order valence-electron chi connectivity index (χ1n) is 8.41. The number of halogens is 2. The lowest BCUT2D eigenvalue weighted by atomic mass is 10.1. The van der Waals surface area contributed by atoms with E-state index in [1.54, 1.807) is 22.8 Å². The summed E-state index contributed by atoms with van der Waals surface area (Å²) in [5.74, 6) is -0.294. The normalized spacial score (nSPS) is 17.1. The van der Waals surface area contributed by atoms with Crippen LogP contribution in [0.2, 0.25) is 5.02 Å². The Kier molecular flexibility index (Phi) is 4.15. The number of rotatable bonds is 1. The van der Waals surface area contributed by atoms with E-state index >= 15 is 0 Å². The number of anilines is 2. The maximum Gasteiger partial charge on any atom is 0.272 e. The van der Waals surface area contributed by atoms with Crippen molar-refractivity contribution in [1.82, 2.24) is 4.57 Å². The van der Waals surface area contributed by atoms with Crippen LogP contribution in [-0.2, 0) is 11.5 Å². The maximum atomic E-state index is 13.1. The van der Waals surface area contributed by atoms with Crippen molar-refractivity contribution in [2.24, 2.45) is 4.99 Å². The zero-order valence-electron chi connectivity index (χ0n) is 14.3. The number of thiazole rings is 1. The van der Waals surface area contributed by atoms with Gasteiger partial charge in [-0.15, -0.1) is 0 Å². The Bertz CT molecular complexity index is 1330. The summed E-state index contributed by atoms with van der Waals surface area (Å²) in [6.45, 7) is 0.821. The quantitative estimate of drug-likeness (QED) is 0.588. The molecule has 0 unspecified atom stereocenters. The van der Waals surface area contributed by atoms with Crippen molar-refractivity contribution in [3.8, 4) is 0 Å². The highest BCUT2D eigenvalue weighted by molar-refractivity contribution is 9.10. The number of nitrogens with zero attached hydrogens (tertiary/aromatic N) is 3. The van der Waals surface area contributed by atoms with Crippen molar-refractivity contribution in [3.05, 3.63) is 77.2 Å². The van der Waals surface area contributed by atoms with E-state index in [0.29, 0.717) is 44.5 Å². The molecule has 3 heterocycles. The van der Waals surface area contributed by atoms with Crippen molar-refractivity contribution in [3.63, 3.8) is 0 Å². The summed E-state index contributed by atoms with van der Waals surface area (Å²) in [5.41, 5.74) is 2.41. The molecule has 0 atom stereocenters. The van der Waals surface area contributed by atoms with Crippen LogP contribution in [0.4, 0.5) is 11.4 Å². The third-order valence-electron chi connectivity index (χ3n) is 4.68. The van der Waals surface area contributed by atoms with Gasteiger partial charge in [-0.3, -0.25) is 14.2 Å². The molecule has 0 aliphatic carbocycles. The van der Waals surface area contributed by atoms with E-state index < -0.39 is 0 Å². The largest absolute Gasteiger partial charge is 0.334 e. The van der Waals surface area contributed by atoms with Crippen LogP contribution in [0.25, 0.3) is 5.57 Å². The van der Waals surface area contributed by atoms with Crippen molar-refractivity contribution >= 4 is 61.7 Å². The van der Waals surface area contributed by atoms with Gasteiger partial charge in [-0.25, -0.2) is 4.99 Å². The first kappa shape index (κ1) is 17.7. The second-order valence-electron chi connectivity index (χ2n) is 6.43. The molecule has 0 radical (unpaired) electrons. The highest BCUT2D eigenvalue weighted by Gasteiger charge is 2.28. The highest BCUT2D eigenvalue weighted by atomic mass is 79.9. The maximum absolute atomic E-state index is 13.1. The van der Waals surface area contributed by atoms with E-state index in [1.807, 2.05) is 29.2 Å². The number of aromatic nitrogens is 1. The standard InChI is InChI=1S/C19H12BrClN4O2S/c20-10-2-1-3-12(6-10)24-8-22-19-25(9-24)18(27)16(28-19)15-13-7-11(21)4-5-14(13)23-17(15)26/h1-7H,8-9H2,(H,23,26)/b16-15+. The van der Waals surface area contributed by atoms with E-state index in [2.05, 4.69) is 26.2 Å². The topological polar surface area (TPSA) is 66.7 Å². The lowest BCUT2D eigenvalue weighted by Crippen LogP contribution is -2.43. The van der Waals surface area contributed by atoms with Crippen LogP contribution in [0.1, 0.15) is 5.56 Å². The summed E-state index contributed by atoms with van der Waals surface area (Å²) in [6, 6.07) is 13.0. The van der Waals surface area contributed by atoms with Gasteiger partial charge in [-0.05, 0) is 36.4 Å².